The molecule has 19 heavy (non-hydrogen) atoms. The summed E-state index contributed by atoms with van der Waals surface area (Å²) in [6, 6.07) is 0. The first-order valence-electron chi connectivity index (χ1n) is 6.76. The molecule has 3 heteroatoms. The molecule has 0 aromatic carbocycles. The minimum absolute atomic E-state index is 0.00593. The number of carbonyl (C=O) groups is 1. The first-order chi connectivity index (χ1) is 8.71. The third-order valence-electron chi connectivity index (χ3n) is 5.39. The molecule has 0 aromatic heterocycles. The fraction of sp³-hybridized carbons (Fsp3) is 0.562. The molecule has 0 spiro atoms. The van der Waals surface area contributed by atoms with Crippen molar-refractivity contribution in [2.75, 3.05) is 0 Å². The Morgan fingerprint density at radius 3 is 2.47 bits per heavy atom. The lowest BCUT2D eigenvalue weighted by atomic mass is 9.47. The molecular weight excluding hydrogens is 240 g/mol. The van der Waals surface area contributed by atoms with Crippen LogP contribution in [0.1, 0.15) is 27.7 Å². The molecule has 3 nitrogen and oxygen atoms in total. The number of aliphatic hydroxyl groups excluding tert-OH is 1. The van der Waals surface area contributed by atoms with Crippen molar-refractivity contribution in [2.45, 2.75) is 33.3 Å². The molecule has 102 valence electrons. The van der Waals surface area contributed by atoms with Gasteiger partial charge in [-0.3, -0.25) is 4.79 Å². The number of hydrogen-bond donors (Lipinski definition) is 2. The number of allylic oxidation sites excluding steroid dienone is 4. The Morgan fingerprint density at radius 1 is 1.21 bits per heavy atom. The maximum absolute atomic E-state index is 12.6. The zero-order chi connectivity index (χ0) is 14.2. The van der Waals surface area contributed by atoms with E-state index in [4.69, 9.17) is 0 Å². The average Bonchev–Trinajstić information content (AvgIpc) is 2.34. The highest BCUT2D eigenvalue weighted by molar-refractivity contribution is 5.97. The van der Waals surface area contributed by atoms with Crippen LogP contribution >= 0.6 is 0 Å². The maximum atomic E-state index is 12.6. The third kappa shape index (κ3) is 1.29. The third-order valence-corrected chi connectivity index (χ3v) is 5.39. The standard InChI is InChI=1S/C16H20O3/c1-8-7-11-12(9(2)13(8)17)10-5-6-15(11,3)14(18)16(10,4)19/h5-7,10-12,17,19H,1-4H3/t10-,11?,12?,15+,16?/m1/s1. The van der Waals surface area contributed by atoms with E-state index in [0.717, 1.165) is 11.1 Å². The van der Waals surface area contributed by atoms with E-state index in [1.54, 1.807) is 6.92 Å². The number of ketones is 1. The van der Waals surface area contributed by atoms with Gasteiger partial charge in [-0.2, -0.15) is 0 Å². The molecular formula is C16H20O3. The molecule has 2 N–H and O–H groups in total. The van der Waals surface area contributed by atoms with Gasteiger partial charge < -0.3 is 10.2 Å². The summed E-state index contributed by atoms with van der Waals surface area (Å²) in [5.41, 5.74) is -0.302. The summed E-state index contributed by atoms with van der Waals surface area (Å²) in [5, 5.41) is 20.7. The van der Waals surface area contributed by atoms with Crippen molar-refractivity contribution in [1.82, 2.24) is 0 Å². The van der Waals surface area contributed by atoms with Crippen LogP contribution in [0.15, 0.2) is 35.1 Å². The van der Waals surface area contributed by atoms with Crippen molar-refractivity contribution >= 4 is 5.78 Å². The number of Topliss-reactive ketones (excluding diaryl/α,β-unsaturated/α-hetero) is 1. The summed E-state index contributed by atoms with van der Waals surface area (Å²) in [6.45, 7) is 7.27. The molecule has 0 aromatic rings. The van der Waals surface area contributed by atoms with Gasteiger partial charge in [0.05, 0.1) is 5.41 Å². The fourth-order valence-electron chi connectivity index (χ4n) is 4.22. The lowest BCUT2D eigenvalue weighted by molar-refractivity contribution is -0.163. The van der Waals surface area contributed by atoms with Crippen LogP contribution in [0.4, 0.5) is 0 Å². The molecule has 0 amide bonds. The average molecular weight is 260 g/mol. The summed E-state index contributed by atoms with van der Waals surface area (Å²) in [7, 11) is 0. The zero-order valence-corrected chi connectivity index (χ0v) is 11.8. The van der Waals surface area contributed by atoms with Gasteiger partial charge in [0.2, 0.25) is 0 Å². The molecule has 4 aliphatic carbocycles. The Balaban J connectivity index is 2.24. The van der Waals surface area contributed by atoms with Gasteiger partial charge in [-0.15, -0.1) is 0 Å². The Morgan fingerprint density at radius 2 is 1.84 bits per heavy atom. The second-order valence-electron chi connectivity index (χ2n) is 6.58. The van der Waals surface area contributed by atoms with Crippen LogP contribution in [0.3, 0.4) is 0 Å². The Labute approximate surface area is 113 Å². The molecule has 3 unspecified atom stereocenters. The molecule has 0 radical (unpaired) electrons. The van der Waals surface area contributed by atoms with E-state index in [1.807, 2.05) is 39.0 Å². The minimum Gasteiger partial charge on any atom is -0.508 e. The predicted octanol–water partition coefficient (Wildman–Crippen LogP) is 2.54. The van der Waals surface area contributed by atoms with Gasteiger partial charge in [-0.1, -0.05) is 18.2 Å². The quantitative estimate of drug-likeness (QED) is 0.658. The van der Waals surface area contributed by atoms with Gasteiger partial charge in [-0.25, -0.2) is 0 Å². The normalized spacial score (nSPS) is 48.4. The van der Waals surface area contributed by atoms with Gasteiger partial charge in [0.1, 0.15) is 11.4 Å². The summed E-state index contributed by atoms with van der Waals surface area (Å²) in [5.74, 6) is -0.00288. The molecule has 1 fully saturated rings. The smallest absolute Gasteiger partial charge is 0.174 e. The van der Waals surface area contributed by atoms with Gasteiger partial charge in [0.25, 0.3) is 0 Å². The first-order valence-corrected chi connectivity index (χ1v) is 6.76. The number of rotatable bonds is 0. The lowest BCUT2D eigenvalue weighted by Gasteiger charge is -2.56. The summed E-state index contributed by atoms with van der Waals surface area (Å²) in [6.07, 6.45) is 5.89. The van der Waals surface area contributed by atoms with E-state index in [2.05, 4.69) is 0 Å². The molecule has 2 bridgehead atoms. The number of carbonyl (C=O) groups excluding carboxylic acids is 1. The van der Waals surface area contributed by atoms with Crippen LogP contribution in [0.25, 0.3) is 0 Å². The van der Waals surface area contributed by atoms with E-state index in [1.165, 1.54) is 0 Å². The van der Waals surface area contributed by atoms with Crippen LogP contribution in [0.5, 0.6) is 0 Å². The second kappa shape index (κ2) is 3.40. The van der Waals surface area contributed by atoms with Crippen LogP contribution in [-0.2, 0) is 4.79 Å². The summed E-state index contributed by atoms with van der Waals surface area (Å²) >= 11 is 0. The second-order valence-corrected chi connectivity index (χ2v) is 6.58. The fourth-order valence-corrected chi connectivity index (χ4v) is 4.22. The van der Waals surface area contributed by atoms with Crippen molar-refractivity contribution in [1.29, 1.82) is 0 Å². The molecule has 4 aliphatic rings. The van der Waals surface area contributed by atoms with Crippen LogP contribution in [0.2, 0.25) is 0 Å². The van der Waals surface area contributed by atoms with Crippen LogP contribution in [0, 0.1) is 23.2 Å². The predicted molar refractivity (Wildman–Crippen MR) is 72.4 cm³/mol. The van der Waals surface area contributed by atoms with Gasteiger partial charge in [0.15, 0.2) is 5.78 Å². The van der Waals surface area contributed by atoms with Crippen molar-refractivity contribution in [2.24, 2.45) is 23.2 Å². The Kier molecular flexibility index (Phi) is 2.27. The summed E-state index contributed by atoms with van der Waals surface area (Å²) in [4.78, 5) is 12.6. The highest BCUT2D eigenvalue weighted by Gasteiger charge is 2.63. The maximum Gasteiger partial charge on any atom is 0.174 e. The topological polar surface area (TPSA) is 57.5 Å². The molecule has 0 aliphatic heterocycles. The Bertz CT molecular complexity index is 565. The zero-order valence-electron chi connectivity index (χ0n) is 11.8. The molecule has 4 rings (SSSR count). The number of aliphatic hydroxyl groups is 2. The first kappa shape index (κ1) is 12.7. The van der Waals surface area contributed by atoms with Gasteiger partial charge >= 0.3 is 0 Å². The highest BCUT2D eigenvalue weighted by atomic mass is 16.3. The van der Waals surface area contributed by atoms with E-state index < -0.39 is 11.0 Å². The van der Waals surface area contributed by atoms with E-state index in [0.29, 0.717) is 5.76 Å². The molecule has 0 saturated heterocycles. The number of hydrogen-bond acceptors (Lipinski definition) is 3. The largest absolute Gasteiger partial charge is 0.508 e. The van der Waals surface area contributed by atoms with E-state index >= 15 is 0 Å². The molecule has 1 saturated carbocycles. The minimum atomic E-state index is -1.34. The monoisotopic (exact) mass is 260 g/mol. The van der Waals surface area contributed by atoms with Crippen LogP contribution < -0.4 is 0 Å². The lowest BCUT2D eigenvalue weighted by Crippen LogP contribution is -2.64. The van der Waals surface area contributed by atoms with Gasteiger partial charge in [0, 0.05) is 17.8 Å². The number of fused-ring (bicyclic) bond motifs is 1. The Hall–Kier alpha value is -1.35. The van der Waals surface area contributed by atoms with Crippen molar-refractivity contribution in [3.05, 3.63) is 35.1 Å². The van der Waals surface area contributed by atoms with Crippen molar-refractivity contribution in [3.63, 3.8) is 0 Å². The van der Waals surface area contributed by atoms with Crippen molar-refractivity contribution < 1.29 is 15.0 Å². The molecule has 5 atom stereocenters. The highest BCUT2D eigenvalue weighted by Crippen LogP contribution is 2.58. The van der Waals surface area contributed by atoms with Crippen LogP contribution in [-0.4, -0.2) is 21.6 Å². The van der Waals surface area contributed by atoms with Gasteiger partial charge in [-0.05, 0) is 38.8 Å². The summed E-state index contributed by atoms with van der Waals surface area (Å²) < 4.78 is 0. The molecule has 0 heterocycles. The van der Waals surface area contributed by atoms with E-state index in [-0.39, 0.29) is 23.5 Å². The van der Waals surface area contributed by atoms with Crippen molar-refractivity contribution in [3.8, 4) is 0 Å². The van der Waals surface area contributed by atoms with E-state index in [9.17, 15) is 15.0 Å². The SMILES string of the molecule is CC1=CC2C(C(C)=C1O)[C@H]1C=C[C@]2(C)C(=O)C1(C)O.